The van der Waals surface area contributed by atoms with E-state index in [1.165, 1.54) is 5.56 Å². The topological polar surface area (TPSA) is 71.7 Å². The summed E-state index contributed by atoms with van der Waals surface area (Å²) in [7, 11) is 3.42. The monoisotopic (exact) mass is 472 g/mol. The van der Waals surface area contributed by atoms with E-state index in [4.69, 9.17) is 9.15 Å². The van der Waals surface area contributed by atoms with Crippen LogP contribution in [0.15, 0.2) is 39.9 Å². The summed E-state index contributed by atoms with van der Waals surface area (Å²) in [6, 6.07) is 8.07. The van der Waals surface area contributed by atoms with E-state index in [1.807, 2.05) is 12.1 Å². The van der Waals surface area contributed by atoms with E-state index in [0.717, 1.165) is 30.4 Å². The Hall–Kier alpha value is -1.77. The number of methoxy groups -OCH3 is 1. The lowest BCUT2D eigenvalue weighted by Gasteiger charge is -2.13. The molecule has 1 aromatic carbocycles. The van der Waals surface area contributed by atoms with Crippen LogP contribution in [0.3, 0.4) is 0 Å². The zero-order valence-corrected chi connectivity index (χ0v) is 18.5. The lowest BCUT2D eigenvalue weighted by Crippen LogP contribution is -2.37. The Morgan fingerprint density at radius 1 is 1.19 bits per heavy atom. The number of aromatic nitrogens is 1. The number of guanidine groups is 1. The Morgan fingerprint density at radius 3 is 2.42 bits per heavy atom. The Balaban J connectivity index is 0.00000338. The number of nitrogens with zero attached hydrogens (tertiary/aromatic N) is 2. The van der Waals surface area contributed by atoms with Crippen molar-refractivity contribution in [2.75, 3.05) is 20.7 Å². The number of benzene rings is 1. The van der Waals surface area contributed by atoms with Gasteiger partial charge in [-0.15, -0.1) is 24.0 Å². The summed E-state index contributed by atoms with van der Waals surface area (Å²) in [4.78, 5) is 8.53. The van der Waals surface area contributed by atoms with Crippen LogP contribution in [0.1, 0.15) is 38.0 Å². The van der Waals surface area contributed by atoms with Gasteiger partial charge in [0.05, 0.1) is 19.9 Å². The minimum Gasteiger partial charge on any atom is -0.497 e. The van der Waals surface area contributed by atoms with Crippen molar-refractivity contribution >= 4 is 29.9 Å². The third-order valence-corrected chi connectivity index (χ3v) is 3.79. The van der Waals surface area contributed by atoms with Crippen LogP contribution in [0.5, 0.6) is 5.75 Å². The molecule has 0 aliphatic rings. The third-order valence-electron chi connectivity index (χ3n) is 3.79. The number of rotatable bonds is 6. The summed E-state index contributed by atoms with van der Waals surface area (Å²) in [6.07, 6.45) is 2.69. The first-order valence-corrected chi connectivity index (χ1v) is 8.45. The van der Waals surface area contributed by atoms with Crippen LogP contribution >= 0.6 is 24.0 Å². The fraction of sp³-hybridized carbons (Fsp3) is 0.474. The molecule has 0 bridgehead atoms. The SMILES string of the molecule is CN=C(NCCc1ccc(OC)cc1)NCc1ncc(C(C)(C)C)o1.I. The van der Waals surface area contributed by atoms with E-state index in [1.54, 1.807) is 20.4 Å². The number of oxazole rings is 1. The second kappa shape index (κ2) is 10.4. The molecule has 0 aliphatic carbocycles. The molecule has 2 rings (SSSR count). The van der Waals surface area contributed by atoms with Crippen molar-refractivity contribution in [3.05, 3.63) is 47.7 Å². The molecule has 2 N–H and O–H groups in total. The molecule has 0 saturated carbocycles. The van der Waals surface area contributed by atoms with Crippen molar-refractivity contribution in [3.63, 3.8) is 0 Å². The predicted octanol–water partition coefficient (Wildman–Crippen LogP) is 3.51. The average Bonchev–Trinajstić information content (AvgIpc) is 3.08. The van der Waals surface area contributed by atoms with E-state index in [2.05, 4.69) is 53.5 Å². The standard InChI is InChI=1S/C19H28N4O2.HI/c1-19(2,3)16-12-22-17(25-16)13-23-18(20-4)21-11-10-14-6-8-15(24-5)9-7-14;/h6-9,12H,10-11,13H2,1-5H3,(H2,20,21,23);1H. The van der Waals surface area contributed by atoms with Crippen LogP contribution in [0.4, 0.5) is 0 Å². The van der Waals surface area contributed by atoms with Gasteiger partial charge in [0, 0.05) is 19.0 Å². The highest BCUT2D eigenvalue weighted by atomic mass is 127. The van der Waals surface area contributed by atoms with Crippen molar-refractivity contribution in [2.24, 2.45) is 4.99 Å². The Bertz CT molecular complexity index is 690. The van der Waals surface area contributed by atoms with Gasteiger partial charge < -0.3 is 19.8 Å². The lowest BCUT2D eigenvalue weighted by molar-refractivity contribution is 0.379. The first-order chi connectivity index (χ1) is 11.9. The van der Waals surface area contributed by atoms with Crippen molar-refractivity contribution in [2.45, 2.75) is 39.2 Å². The molecule has 7 heteroatoms. The van der Waals surface area contributed by atoms with Gasteiger partial charge >= 0.3 is 0 Å². The summed E-state index contributed by atoms with van der Waals surface area (Å²) in [5.74, 6) is 3.13. The molecule has 0 unspecified atom stereocenters. The Morgan fingerprint density at radius 2 is 1.88 bits per heavy atom. The first kappa shape index (κ1) is 22.3. The molecule has 0 saturated heterocycles. The molecule has 144 valence electrons. The van der Waals surface area contributed by atoms with Crippen LogP contribution < -0.4 is 15.4 Å². The molecule has 0 atom stereocenters. The van der Waals surface area contributed by atoms with Crippen LogP contribution in [0.2, 0.25) is 0 Å². The maximum Gasteiger partial charge on any atom is 0.213 e. The van der Waals surface area contributed by atoms with E-state index in [0.29, 0.717) is 12.4 Å². The molecular formula is C19H29IN4O2. The van der Waals surface area contributed by atoms with Gasteiger partial charge in [0.2, 0.25) is 5.89 Å². The molecule has 0 amide bonds. The van der Waals surface area contributed by atoms with E-state index >= 15 is 0 Å². The summed E-state index contributed by atoms with van der Waals surface area (Å²) in [5.41, 5.74) is 1.20. The maximum atomic E-state index is 5.77. The van der Waals surface area contributed by atoms with Gasteiger partial charge in [0.25, 0.3) is 0 Å². The van der Waals surface area contributed by atoms with E-state index in [-0.39, 0.29) is 29.4 Å². The zero-order valence-electron chi connectivity index (χ0n) is 16.1. The summed E-state index contributed by atoms with van der Waals surface area (Å²) in [6.45, 7) is 7.59. The highest BCUT2D eigenvalue weighted by Crippen LogP contribution is 2.22. The number of ether oxygens (including phenoxy) is 1. The van der Waals surface area contributed by atoms with E-state index in [9.17, 15) is 0 Å². The fourth-order valence-corrected chi connectivity index (χ4v) is 2.24. The van der Waals surface area contributed by atoms with Gasteiger partial charge in [-0.2, -0.15) is 0 Å². The molecule has 0 radical (unpaired) electrons. The van der Waals surface area contributed by atoms with Crippen molar-refractivity contribution in [3.8, 4) is 5.75 Å². The van der Waals surface area contributed by atoms with Crippen molar-refractivity contribution in [1.82, 2.24) is 15.6 Å². The van der Waals surface area contributed by atoms with Gasteiger partial charge in [0.15, 0.2) is 5.96 Å². The Kier molecular flexibility index (Phi) is 8.91. The van der Waals surface area contributed by atoms with Gasteiger partial charge in [-0.3, -0.25) is 4.99 Å². The quantitative estimate of drug-likeness (QED) is 0.383. The highest BCUT2D eigenvalue weighted by molar-refractivity contribution is 14.0. The second-order valence-electron chi connectivity index (χ2n) is 6.82. The zero-order chi connectivity index (χ0) is 18.3. The van der Waals surface area contributed by atoms with Crippen LogP contribution in [-0.4, -0.2) is 31.6 Å². The molecule has 0 fully saturated rings. The normalized spacial score (nSPS) is 11.7. The average molecular weight is 472 g/mol. The van der Waals surface area contributed by atoms with Crippen LogP contribution in [0.25, 0.3) is 0 Å². The van der Waals surface area contributed by atoms with Crippen molar-refractivity contribution in [1.29, 1.82) is 0 Å². The van der Waals surface area contributed by atoms with Gasteiger partial charge in [0.1, 0.15) is 11.5 Å². The molecule has 1 aromatic heterocycles. The highest BCUT2D eigenvalue weighted by Gasteiger charge is 2.19. The summed E-state index contributed by atoms with van der Waals surface area (Å²) < 4.78 is 10.9. The largest absolute Gasteiger partial charge is 0.497 e. The summed E-state index contributed by atoms with van der Waals surface area (Å²) >= 11 is 0. The smallest absolute Gasteiger partial charge is 0.213 e. The molecule has 6 nitrogen and oxygen atoms in total. The van der Waals surface area contributed by atoms with E-state index < -0.39 is 0 Å². The Labute approximate surface area is 172 Å². The third kappa shape index (κ3) is 6.86. The number of hydrogen-bond acceptors (Lipinski definition) is 4. The van der Waals surface area contributed by atoms with Crippen molar-refractivity contribution < 1.29 is 9.15 Å². The number of aliphatic imine (C=N–C) groups is 1. The van der Waals surface area contributed by atoms with Gasteiger partial charge in [-0.1, -0.05) is 32.9 Å². The van der Waals surface area contributed by atoms with Gasteiger partial charge in [-0.25, -0.2) is 4.98 Å². The molecule has 0 aliphatic heterocycles. The lowest BCUT2D eigenvalue weighted by atomic mass is 9.94. The minimum atomic E-state index is -0.0382. The molecule has 26 heavy (non-hydrogen) atoms. The first-order valence-electron chi connectivity index (χ1n) is 8.45. The number of halogens is 1. The fourth-order valence-electron chi connectivity index (χ4n) is 2.24. The minimum absolute atomic E-state index is 0. The van der Waals surface area contributed by atoms with Crippen LogP contribution in [0, 0.1) is 0 Å². The number of hydrogen-bond donors (Lipinski definition) is 2. The maximum absolute atomic E-state index is 5.77. The second-order valence-corrected chi connectivity index (χ2v) is 6.82. The summed E-state index contributed by atoms with van der Waals surface area (Å²) in [5, 5.41) is 6.51. The molecule has 2 aromatic rings. The van der Waals surface area contributed by atoms with Crippen LogP contribution in [-0.2, 0) is 18.4 Å². The van der Waals surface area contributed by atoms with Gasteiger partial charge in [-0.05, 0) is 24.1 Å². The molecule has 0 spiro atoms. The predicted molar refractivity (Wildman–Crippen MR) is 116 cm³/mol. The molecular weight excluding hydrogens is 443 g/mol. The number of nitrogens with one attached hydrogen (secondary N) is 2. The molecule has 1 heterocycles.